The van der Waals surface area contributed by atoms with Gasteiger partial charge in [0.1, 0.15) is 5.60 Å². The van der Waals surface area contributed by atoms with Gasteiger partial charge in [0.15, 0.2) is 0 Å². The lowest BCUT2D eigenvalue weighted by molar-refractivity contribution is 0.0528. The van der Waals surface area contributed by atoms with E-state index in [4.69, 9.17) is 20.9 Å². The van der Waals surface area contributed by atoms with Crippen molar-refractivity contribution in [3.05, 3.63) is 75.0 Å². The molecule has 3 N–H and O–H groups in total. The Morgan fingerprint density at radius 1 is 1.24 bits per heavy atom. The largest absolute Gasteiger partial charge is 0.446 e. The third kappa shape index (κ3) is 5.15. The highest BCUT2D eigenvalue weighted by Gasteiger charge is 2.44. The number of aromatic nitrogens is 2. The van der Waals surface area contributed by atoms with Crippen molar-refractivity contribution in [3.63, 3.8) is 0 Å². The molecule has 0 bridgehead atoms. The number of alkyl carbamates (subject to hydrolysis) is 1. The van der Waals surface area contributed by atoms with Crippen LogP contribution >= 0.6 is 23.4 Å². The first kappa shape index (κ1) is 24.3. The number of hydrogen-bond donors (Lipinski definition) is 3. The van der Waals surface area contributed by atoms with Gasteiger partial charge in [-0.25, -0.2) is 14.2 Å². The van der Waals surface area contributed by atoms with Crippen LogP contribution in [0, 0.1) is 0 Å². The Morgan fingerprint density at radius 2 is 1.97 bits per heavy atom. The van der Waals surface area contributed by atoms with Crippen LogP contribution in [0.5, 0.6) is 0 Å². The Bertz CT molecular complexity index is 1250. The molecule has 0 saturated heterocycles. The van der Waals surface area contributed by atoms with Gasteiger partial charge < -0.3 is 20.5 Å². The van der Waals surface area contributed by atoms with Gasteiger partial charge in [0.2, 0.25) is 10.8 Å². The third-order valence-corrected chi connectivity index (χ3v) is 6.50. The number of thioether (sulfide) groups is 1. The minimum Gasteiger partial charge on any atom is -0.444 e. The van der Waals surface area contributed by atoms with Crippen LogP contribution in [0.4, 0.5) is 4.79 Å². The van der Waals surface area contributed by atoms with Crippen molar-refractivity contribution in [1.82, 2.24) is 20.4 Å². The molecule has 1 aliphatic rings. The number of aliphatic hydroxyl groups is 1. The highest BCUT2D eigenvalue weighted by molar-refractivity contribution is 8.00. The van der Waals surface area contributed by atoms with Gasteiger partial charge in [-0.15, -0.1) is 0 Å². The standard InChI is InChI=1S/C23H25ClN4O5S/c1-22(2,3)32-20(29)26-11-10-25-13-14-4-9-18-17(12-14)28-19(27-33-21(28)30)23(31,34-18)15-5-7-16(24)8-6-15/h4-9,12,25,31H,10-11,13H2,1-3H3,(H,26,29). The molecular formula is C23H25ClN4O5S. The van der Waals surface area contributed by atoms with Gasteiger partial charge in [-0.1, -0.05) is 46.7 Å². The minimum atomic E-state index is -1.61. The number of hydrogen-bond acceptors (Lipinski definition) is 8. The van der Waals surface area contributed by atoms with Crippen molar-refractivity contribution in [2.45, 2.75) is 42.7 Å². The summed E-state index contributed by atoms with van der Waals surface area (Å²) >= 11 is 7.16. The van der Waals surface area contributed by atoms with Gasteiger partial charge in [-0.05, 0) is 50.6 Å². The van der Waals surface area contributed by atoms with E-state index < -0.39 is 22.4 Å². The molecule has 2 heterocycles. The number of nitrogens with zero attached hydrogens (tertiary/aromatic N) is 2. The van der Waals surface area contributed by atoms with E-state index in [9.17, 15) is 14.7 Å². The molecule has 2 aromatic carbocycles. The predicted molar refractivity (Wildman–Crippen MR) is 128 cm³/mol. The van der Waals surface area contributed by atoms with Crippen molar-refractivity contribution in [1.29, 1.82) is 0 Å². The van der Waals surface area contributed by atoms with Crippen LogP contribution in [-0.4, -0.2) is 39.6 Å². The second-order valence-corrected chi connectivity index (χ2v) is 10.4. The van der Waals surface area contributed by atoms with Gasteiger partial charge in [-0.3, -0.25) is 4.52 Å². The van der Waals surface area contributed by atoms with Gasteiger partial charge >= 0.3 is 11.8 Å². The molecule has 0 spiro atoms. The fraction of sp³-hybridized carbons (Fsp3) is 0.348. The number of carbonyl (C=O) groups excluding carboxylic acids is 1. The maximum absolute atomic E-state index is 12.5. The second kappa shape index (κ2) is 9.46. The predicted octanol–water partition coefficient (Wildman–Crippen LogP) is 3.39. The zero-order valence-electron chi connectivity index (χ0n) is 18.9. The SMILES string of the molecule is CC(C)(C)OC(=O)NCCNCc1ccc2c(c1)-n1c(noc1=O)C(O)(c1ccc(Cl)cc1)S2. The van der Waals surface area contributed by atoms with Crippen LogP contribution < -0.4 is 16.4 Å². The average Bonchev–Trinajstić information content (AvgIpc) is 3.16. The monoisotopic (exact) mass is 504 g/mol. The van der Waals surface area contributed by atoms with Crippen LogP contribution in [-0.2, 0) is 16.2 Å². The molecule has 0 aliphatic carbocycles. The Labute approximate surface area is 205 Å². The second-order valence-electron chi connectivity index (χ2n) is 8.77. The summed E-state index contributed by atoms with van der Waals surface area (Å²) in [6.45, 7) is 6.86. The molecule has 1 aliphatic heterocycles. The Morgan fingerprint density at radius 3 is 2.68 bits per heavy atom. The molecule has 4 rings (SSSR count). The van der Waals surface area contributed by atoms with Crippen molar-refractivity contribution < 1.29 is 19.2 Å². The molecule has 34 heavy (non-hydrogen) atoms. The van der Waals surface area contributed by atoms with Crippen molar-refractivity contribution in [2.75, 3.05) is 13.1 Å². The summed E-state index contributed by atoms with van der Waals surface area (Å²) in [4.78, 5) is 23.3. The fourth-order valence-corrected chi connectivity index (χ4v) is 4.79. The van der Waals surface area contributed by atoms with Crippen molar-refractivity contribution in [3.8, 4) is 5.69 Å². The summed E-state index contributed by atoms with van der Waals surface area (Å²) in [5, 5.41) is 21.8. The first-order chi connectivity index (χ1) is 16.1. The molecule has 11 heteroatoms. The Balaban J connectivity index is 1.47. The summed E-state index contributed by atoms with van der Waals surface area (Å²) < 4.78 is 11.4. The number of amides is 1. The van der Waals surface area contributed by atoms with Gasteiger partial charge in [-0.2, -0.15) is 0 Å². The summed E-state index contributed by atoms with van der Waals surface area (Å²) in [6, 6.07) is 12.3. The average molecular weight is 505 g/mol. The lowest BCUT2D eigenvalue weighted by atomic mass is 10.1. The van der Waals surface area contributed by atoms with E-state index in [1.807, 2.05) is 39.0 Å². The number of nitrogens with one attached hydrogen (secondary N) is 2. The summed E-state index contributed by atoms with van der Waals surface area (Å²) in [5.74, 6) is -0.598. The van der Waals surface area contributed by atoms with Crippen LogP contribution in [0.3, 0.4) is 0 Å². The quantitative estimate of drug-likeness (QED) is 0.437. The van der Waals surface area contributed by atoms with Gasteiger partial charge in [0.05, 0.1) is 5.69 Å². The van der Waals surface area contributed by atoms with E-state index in [1.165, 1.54) is 16.3 Å². The molecule has 1 atom stereocenters. The van der Waals surface area contributed by atoms with Crippen LogP contribution in [0.25, 0.3) is 5.69 Å². The molecule has 1 amide bonds. The topological polar surface area (TPSA) is 119 Å². The summed E-state index contributed by atoms with van der Waals surface area (Å²) in [5.41, 5.74) is 1.47. The molecule has 180 valence electrons. The van der Waals surface area contributed by atoms with E-state index in [1.54, 1.807) is 24.3 Å². The maximum atomic E-state index is 12.5. The number of rotatable bonds is 6. The summed E-state index contributed by atoms with van der Waals surface area (Å²) in [6.07, 6.45) is -0.465. The van der Waals surface area contributed by atoms with E-state index >= 15 is 0 Å². The van der Waals surface area contributed by atoms with Gasteiger partial charge in [0.25, 0.3) is 0 Å². The fourth-order valence-electron chi connectivity index (χ4n) is 3.48. The van der Waals surface area contributed by atoms with E-state index in [0.717, 1.165) is 5.56 Å². The van der Waals surface area contributed by atoms with E-state index in [2.05, 4.69) is 15.8 Å². The molecule has 1 unspecified atom stereocenters. The number of benzene rings is 2. The number of carbonyl (C=O) groups is 1. The van der Waals surface area contributed by atoms with Crippen LogP contribution in [0.1, 0.15) is 37.7 Å². The smallest absolute Gasteiger partial charge is 0.444 e. The van der Waals surface area contributed by atoms with E-state index in [-0.39, 0.29) is 5.82 Å². The van der Waals surface area contributed by atoms with Gasteiger partial charge in [0, 0.05) is 35.1 Å². The Kier molecular flexibility index (Phi) is 6.77. The van der Waals surface area contributed by atoms with Crippen molar-refractivity contribution in [2.24, 2.45) is 0 Å². The molecule has 3 aromatic rings. The number of fused-ring (bicyclic) bond motifs is 3. The first-order valence-electron chi connectivity index (χ1n) is 10.6. The highest BCUT2D eigenvalue weighted by atomic mass is 35.5. The molecule has 0 radical (unpaired) electrons. The lowest BCUT2D eigenvalue weighted by Crippen LogP contribution is -2.36. The maximum Gasteiger partial charge on any atom is 0.446 e. The number of halogens is 1. The molecular weight excluding hydrogens is 480 g/mol. The van der Waals surface area contributed by atoms with Crippen LogP contribution in [0.15, 0.2) is 56.7 Å². The lowest BCUT2D eigenvalue weighted by Gasteiger charge is -2.31. The summed E-state index contributed by atoms with van der Waals surface area (Å²) in [7, 11) is 0. The number of ether oxygens (including phenoxy) is 1. The minimum absolute atomic E-state index is 0.0870. The molecule has 9 nitrogen and oxygen atoms in total. The molecule has 1 aromatic heterocycles. The molecule has 0 fully saturated rings. The zero-order valence-corrected chi connectivity index (χ0v) is 20.5. The Hall–Kier alpha value is -2.79. The van der Waals surface area contributed by atoms with Crippen molar-refractivity contribution >= 4 is 29.5 Å². The first-order valence-corrected chi connectivity index (χ1v) is 11.8. The van der Waals surface area contributed by atoms with E-state index in [0.29, 0.717) is 40.8 Å². The highest BCUT2D eigenvalue weighted by Crippen LogP contribution is 2.49. The zero-order chi connectivity index (χ0) is 24.5. The third-order valence-electron chi connectivity index (χ3n) is 4.96. The molecule has 0 saturated carbocycles. The normalized spacial score (nSPS) is 17.1. The van der Waals surface area contributed by atoms with Crippen LogP contribution in [0.2, 0.25) is 5.02 Å².